The number of rotatable bonds is 1. The lowest BCUT2D eigenvalue weighted by Gasteiger charge is -2.45. The zero-order valence-corrected chi connectivity index (χ0v) is 11.7. The summed E-state index contributed by atoms with van der Waals surface area (Å²) in [6.45, 7) is 0.185. The molecule has 2 N–H and O–H groups in total. The van der Waals surface area contributed by atoms with Crippen molar-refractivity contribution in [3.63, 3.8) is 0 Å². The highest BCUT2D eigenvalue weighted by atomic mass is 16.3. The molecule has 3 atom stereocenters. The normalized spacial score (nSPS) is 39.7. The Morgan fingerprint density at radius 3 is 2.06 bits per heavy atom. The highest BCUT2D eigenvalue weighted by molar-refractivity contribution is 4.93. The Morgan fingerprint density at radius 1 is 0.778 bits per heavy atom. The van der Waals surface area contributed by atoms with Crippen LogP contribution in [0.3, 0.4) is 0 Å². The fourth-order valence-electron chi connectivity index (χ4n) is 4.12. The van der Waals surface area contributed by atoms with Crippen LogP contribution in [-0.4, -0.2) is 22.9 Å². The lowest BCUT2D eigenvalue weighted by atomic mass is 9.64. The molecular weight excluding hydrogens is 224 g/mol. The molecule has 0 spiro atoms. The first-order valence-electron chi connectivity index (χ1n) is 8.07. The molecule has 0 saturated heterocycles. The van der Waals surface area contributed by atoms with Crippen molar-refractivity contribution in [3.05, 3.63) is 0 Å². The summed E-state index contributed by atoms with van der Waals surface area (Å²) in [7, 11) is 0. The largest absolute Gasteiger partial charge is 0.396 e. The number of aliphatic hydroxyl groups excluding tert-OH is 2. The Bertz CT molecular complexity index is 241. The van der Waals surface area contributed by atoms with E-state index in [0.717, 1.165) is 12.8 Å². The van der Waals surface area contributed by atoms with Crippen LogP contribution in [0.4, 0.5) is 0 Å². The van der Waals surface area contributed by atoms with Crippen molar-refractivity contribution in [2.45, 2.75) is 83.2 Å². The first kappa shape index (κ1) is 14.3. The van der Waals surface area contributed by atoms with E-state index in [-0.39, 0.29) is 18.1 Å². The highest BCUT2D eigenvalue weighted by Crippen LogP contribution is 2.45. The first-order chi connectivity index (χ1) is 8.78. The Hall–Kier alpha value is -0.0800. The zero-order chi connectivity index (χ0) is 12.8. The smallest absolute Gasteiger partial charge is 0.0646 e. The Balaban J connectivity index is 2.03. The van der Waals surface area contributed by atoms with Gasteiger partial charge in [-0.3, -0.25) is 0 Å². The van der Waals surface area contributed by atoms with Gasteiger partial charge in [-0.15, -0.1) is 0 Å². The third kappa shape index (κ3) is 3.27. The van der Waals surface area contributed by atoms with Crippen molar-refractivity contribution in [2.24, 2.45) is 11.3 Å². The van der Waals surface area contributed by atoms with Crippen molar-refractivity contribution in [2.75, 3.05) is 6.61 Å². The van der Waals surface area contributed by atoms with Gasteiger partial charge in [-0.05, 0) is 31.6 Å². The molecule has 18 heavy (non-hydrogen) atoms. The number of hydrogen-bond donors (Lipinski definition) is 2. The molecule has 2 fully saturated rings. The van der Waals surface area contributed by atoms with Gasteiger partial charge in [0.05, 0.1) is 12.7 Å². The molecule has 2 bridgehead atoms. The number of aliphatic hydroxyl groups is 2. The maximum Gasteiger partial charge on any atom is 0.0646 e. The second-order valence-corrected chi connectivity index (χ2v) is 6.63. The van der Waals surface area contributed by atoms with Gasteiger partial charge >= 0.3 is 0 Å². The van der Waals surface area contributed by atoms with Crippen LogP contribution in [0.5, 0.6) is 0 Å². The molecule has 0 unspecified atom stereocenters. The number of fused-ring (bicyclic) bond motifs is 2. The fourth-order valence-corrected chi connectivity index (χ4v) is 4.12. The number of hydrogen-bond acceptors (Lipinski definition) is 2. The predicted molar refractivity (Wildman–Crippen MR) is 74.4 cm³/mol. The summed E-state index contributed by atoms with van der Waals surface area (Å²) in [5, 5.41) is 20.5. The standard InChI is InChI=1S/C16H30O2/c17-13-16-11-7-5-3-1-2-4-6-9-14(15(16)18)10-8-12-16/h14-15,17-18H,1-13H2/t14-,15+,16-/m1/s1. The summed E-state index contributed by atoms with van der Waals surface area (Å²) in [5.74, 6) is 0.449. The molecule has 0 heterocycles. The van der Waals surface area contributed by atoms with Gasteiger partial charge in [-0.25, -0.2) is 0 Å². The van der Waals surface area contributed by atoms with Gasteiger partial charge in [-0.1, -0.05) is 51.4 Å². The van der Waals surface area contributed by atoms with Gasteiger partial charge in [0.15, 0.2) is 0 Å². The summed E-state index contributed by atoms with van der Waals surface area (Å²) in [5.41, 5.74) is -0.165. The van der Waals surface area contributed by atoms with E-state index in [1.165, 1.54) is 64.2 Å². The average Bonchev–Trinajstić information content (AvgIpc) is 2.39. The van der Waals surface area contributed by atoms with E-state index in [1.807, 2.05) is 0 Å². The van der Waals surface area contributed by atoms with Crippen molar-refractivity contribution in [1.82, 2.24) is 0 Å². The van der Waals surface area contributed by atoms with Crippen LogP contribution in [0.15, 0.2) is 0 Å². The molecule has 0 aromatic rings. The summed E-state index contributed by atoms with van der Waals surface area (Å²) >= 11 is 0. The van der Waals surface area contributed by atoms with Gasteiger partial charge in [0.1, 0.15) is 0 Å². The molecule has 106 valence electrons. The second-order valence-electron chi connectivity index (χ2n) is 6.63. The van der Waals surface area contributed by atoms with Crippen molar-refractivity contribution in [3.8, 4) is 0 Å². The lowest BCUT2D eigenvalue weighted by Crippen LogP contribution is -2.46. The molecule has 2 saturated carbocycles. The molecule has 0 radical (unpaired) electrons. The topological polar surface area (TPSA) is 40.5 Å². The second kappa shape index (κ2) is 6.91. The summed E-state index contributed by atoms with van der Waals surface area (Å²) in [6, 6.07) is 0. The zero-order valence-electron chi connectivity index (χ0n) is 11.7. The maximum absolute atomic E-state index is 10.7. The quantitative estimate of drug-likeness (QED) is 0.750. The van der Waals surface area contributed by atoms with Crippen LogP contribution in [0.1, 0.15) is 77.0 Å². The highest BCUT2D eigenvalue weighted by Gasteiger charge is 2.43. The van der Waals surface area contributed by atoms with Crippen molar-refractivity contribution < 1.29 is 10.2 Å². The van der Waals surface area contributed by atoms with Crippen LogP contribution in [0, 0.1) is 11.3 Å². The molecule has 2 aliphatic rings. The molecule has 0 aromatic heterocycles. The van der Waals surface area contributed by atoms with Gasteiger partial charge in [-0.2, -0.15) is 0 Å². The molecule has 0 aliphatic heterocycles. The summed E-state index contributed by atoms with van der Waals surface area (Å²) in [4.78, 5) is 0. The molecule has 2 rings (SSSR count). The van der Waals surface area contributed by atoms with E-state index in [2.05, 4.69) is 0 Å². The van der Waals surface area contributed by atoms with Crippen LogP contribution in [0.2, 0.25) is 0 Å². The van der Waals surface area contributed by atoms with Crippen molar-refractivity contribution >= 4 is 0 Å². The lowest BCUT2D eigenvalue weighted by molar-refractivity contribution is -0.0892. The van der Waals surface area contributed by atoms with E-state index < -0.39 is 0 Å². The Labute approximate surface area is 112 Å². The van der Waals surface area contributed by atoms with Crippen LogP contribution in [-0.2, 0) is 0 Å². The van der Waals surface area contributed by atoms with E-state index in [0.29, 0.717) is 5.92 Å². The fraction of sp³-hybridized carbons (Fsp3) is 1.00. The first-order valence-corrected chi connectivity index (χ1v) is 8.07. The molecule has 2 heteroatoms. The minimum atomic E-state index is -0.254. The van der Waals surface area contributed by atoms with Crippen LogP contribution in [0.25, 0.3) is 0 Å². The van der Waals surface area contributed by atoms with Gasteiger partial charge in [0.25, 0.3) is 0 Å². The van der Waals surface area contributed by atoms with E-state index in [9.17, 15) is 10.2 Å². The average molecular weight is 254 g/mol. The molecule has 2 nitrogen and oxygen atoms in total. The van der Waals surface area contributed by atoms with Crippen LogP contribution >= 0.6 is 0 Å². The summed E-state index contributed by atoms with van der Waals surface area (Å²) in [6.07, 6.45) is 14.5. The SMILES string of the molecule is OC[C@@]12CCCCCCCCC[C@H](CCC1)[C@@H]2O. The minimum Gasteiger partial charge on any atom is -0.396 e. The molecule has 0 aromatic carbocycles. The third-order valence-electron chi connectivity index (χ3n) is 5.39. The van der Waals surface area contributed by atoms with Gasteiger partial charge < -0.3 is 10.2 Å². The molecular formula is C16H30O2. The summed E-state index contributed by atoms with van der Waals surface area (Å²) < 4.78 is 0. The Morgan fingerprint density at radius 2 is 1.33 bits per heavy atom. The van der Waals surface area contributed by atoms with E-state index in [4.69, 9.17) is 0 Å². The third-order valence-corrected chi connectivity index (χ3v) is 5.39. The van der Waals surface area contributed by atoms with Gasteiger partial charge in [0.2, 0.25) is 0 Å². The van der Waals surface area contributed by atoms with E-state index in [1.54, 1.807) is 0 Å². The molecule has 0 amide bonds. The monoisotopic (exact) mass is 254 g/mol. The maximum atomic E-state index is 10.7. The predicted octanol–water partition coefficient (Wildman–Crippen LogP) is 3.65. The molecule has 2 aliphatic carbocycles. The van der Waals surface area contributed by atoms with E-state index >= 15 is 0 Å². The van der Waals surface area contributed by atoms with Crippen LogP contribution < -0.4 is 0 Å². The van der Waals surface area contributed by atoms with Crippen molar-refractivity contribution in [1.29, 1.82) is 0 Å². The Kier molecular flexibility index (Phi) is 5.50. The van der Waals surface area contributed by atoms with Gasteiger partial charge in [0, 0.05) is 5.41 Å². The minimum absolute atomic E-state index is 0.165.